The van der Waals surface area contributed by atoms with Crippen LogP contribution in [-0.2, 0) is 13.5 Å². The van der Waals surface area contributed by atoms with Crippen molar-refractivity contribution >= 4 is 5.69 Å². The van der Waals surface area contributed by atoms with Gasteiger partial charge in [-0.1, -0.05) is 18.2 Å². The molecule has 2 heterocycles. The van der Waals surface area contributed by atoms with E-state index in [0.717, 1.165) is 37.6 Å². The van der Waals surface area contributed by atoms with E-state index >= 15 is 0 Å². The van der Waals surface area contributed by atoms with Crippen molar-refractivity contribution < 1.29 is 4.39 Å². The quantitative estimate of drug-likeness (QED) is 0.922. The van der Waals surface area contributed by atoms with Gasteiger partial charge in [-0.05, 0) is 11.6 Å². The Hall–Kier alpha value is -1.88. The third-order valence-electron chi connectivity index (χ3n) is 3.81. The zero-order valence-corrected chi connectivity index (χ0v) is 11.6. The average molecular weight is 274 g/mol. The number of benzene rings is 1. The summed E-state index contributed by atoms with van der Waals surface area (Å²) in [6.07, 6.45) is 2.46. The Bertz CT molecular complexity index is 587. The van der Waals surface area contributed by atoms with E-state index in [-0.39, 0.29) is 5.82 Å². The molecule has 1 saturated heterocycles. The van der Waals surface area contributed by atoms with Crippen LogP contribution in [0, 0.1) is 5.82 Å². The summed E-state index contributed by atoms with van der Waals surface area (Å²) >= 11 is 0. The largest absolute Gasteiger partial charge is 0.366 e. The van der Waals surface area contributed by atoms with Gasteiger partial charge in [-0.25, -0.2) is 4.39 Å². The molecule has 0 amide bonds. The minimum Gasteiger partial charge on any atom is -0.366 e. The molecule has 1 aliphatic heterocycles. The van der Waals surface area contributed by atoms with Crippen LogP contribution in [0.3, 0.4) is 0 Å². The number of hydrogen-bond donors (Lipinski definition) is 1. The van der Waals surface area contributed by atoms with Gasteiger partial charge >= 0.3 is 0 Å². The smallest absolute Gasteiger partial charge is 0.126 e. The second-order valence-electron chi connectivity index (χ2n) is 5.11. The first-order valence-electron chi connectivity index (χ1n) is 6.95. The lowest BCUT2D eigenvalue weighted by Gasteiger charge is -2.29. The zero-order chi connectivity index (χ0) is 13.9. The van der Waals surface area contributed by atoms with Crippen LogP contribution in [0.5, 0.6) is 0 Å². The molecule has 0 unspecified atom stereocenters. The SMILES string of the molecule is Cn1ncc(N2CCNCC2)c1Cc1ccccc1F. The van der Waals surface area contributed by atoms with Crippen LogP contribution in [0.4, 0.5) is 10.1 Å². The van der Waals surface area contributed by atoms with Crippen LogP contribution >= 0.6 is 0 Å². The van der Waals surface area contributed by atoms with Crippen LogP contribution < -0.4 is 10.2 Å². The summed E-state index contributed by atoms with van der Waals surface area (Å²) in [6, 6.07) is 6.94. The Morgan fingerprint density at radius 1 is 1.25 bits per heavy atom. The summed E-state index contributed by atoms with van der Waals surface area (Å²) in [5, 5.41) is 7.69. The molecule has 0 spiro atoms. The maximum absolute atomic E-state index is 13.8. The van der Waals surface area contributed by atoms with E-state index in [2.05, 4.69) is 15.3 Å². The van der Waals surface area contributed by atoms with Crippen LogP contribution in [0.1, 0.15) is 11.3 Å². The van der Waals surface area contributed by atoms with Crippen molar-refractivity contribution in [2.45, 2.75) is 6.42 Å². The molecule has 4 nitrogen and oxygen atoms in total. The van der Waals surface area contributed by atoms with E-state index in [1.807, 2.05) is 30.1 Å². The third-order valence-corrected chi connectivity index (χ3v) is 3.81. The maximum atomic E-state index is 13.8. The summed E-state index contributed by atoms with van der Waals surface area (Å²) in [6.45, 7) is 3.90. The Kier molecular flexibility index (Phi) is 3.69. The molecule has 1 fully saturated rings. The number of aryl methyl sites for hydroxylation is 1. The Morgan fingerprint density at radius 2 is 2.00 bits per heavy atom. The van der Waals surface area contributed by atoms with Gasteiger partial charge < -0.3 is 10.2 Å². The molecule has 5 heteroatoms. The minimum atomic E-state index is -0.153. The van der Waals surface area contributed by atoms with E-state index in [9.17, 15) is 4.39 Å². The predicted octanol–water partition coefficient (Wildman–Crippen LogP) is 1.56. The van der Waals surface area contributed by atoms with Crippen molar-refractivity contribution in [1.29, 1.82) is 0 Å². The molecule has 1 N–H and O–H groups in total. The molecule has 1 aromatic heterocycles. The number of halogens is 1. The summed E-state index contributed by atoms with van der Waals surface area (Å²) in [7, 11) is 1.92. The normalized spacial score (nSPS) is 15.6. The highest BCUT2D eigenvalue weighted by Gasteiger charge is 2.18. The van der Waals surface area contributed by atoms with E-state index in [1.54, 1.807) is 6.07 Å². The summed E-state index contributed by atoms with van der Waals surface area (Å²) in [5.41, 5.74) is 2.90. The van der Waals surface area contributed by atoms with Gasteiger partial charge in [0.1, 0.15) is 5.82 Å². The molecule has 0 bridgehead atoms. The fourth-order valence-corrected chi connectivity index (χ4v) is 2.65. The first-order valence-corrected chi connectivity index (χ1v) is 6.95. The molecule has 0 aliphatic carbocycles. The highest BCUT2D eigenvalue weighted by Crippen LogP contribution is 2.24. The lowest BCUT2D eigenvalue weighted by atomic mass is 10.1. The average Bonchev–Trinajstić information content (AvgIpc) is 2.84. The number of rotatable bonds is 3. The van der Waals surface area contributed by atoms with Gasteiger partial charge in [0.2, 0.25) is 0 Å². The molecule has 0 radical (unpaired) electrons. The highest BCUT2D eigenvalue weighted by molar-refractivity contribution is 5.51. The molecule has 2 aromatic rings. The van der Waals surface area contributed by atoms with Gasteiger partial charge in [-0.15, -0.1) is 0 Å². The van der Waals surface area contributed by atoms with Gasteiger partial charge in [-0.2, -0.15) is 5.10 Å². The second kappa shape index (κ2) is 5.63. The van der Waals surface area contributed by atoms with Gasteiger partial charge in [-0.3, -0.25) is 4.68 Å². The molecule has 20 heavy (non-hydrogen) atoms. The number of nitrogens with one attached hydrogen (secondary N) is 1. The predicted molar refractivity (Wildman–Crippen MR) is 77.5 cm³/mol. The molecule has 1 aliphatic rings. The van der Waals surface area contributed by atoms with E-state index in [0.29, 0.717) is 12.0 Å². The number of anilines is 1. The van der Waals surface area contributed by atoms with E-state index in [1.165, 1.54) is 6.07 Å². The van der Waals surface area contributed by atoms with Crippen molar-refractivity contribution in [2.24, 2.45) is 7.05 Å². The van der Waals surface area contributed by atoms with Crippen molar-refractivity contribution in [3.05, 3.63) is 47.5 Å². The van der Waals surface area contributed by atoms with E-state index in [4.69, 9.17) is 0 Å². The molecule has 1 aromatic carbocycles. The monoisotopic (exact) mass is 274 g/mol. The Balaban J connectivity index is 1.89. The van der Waals surface area contributed by atoms with Gasteiger partial charge in [0.15, 0.2) is 0 Å². The number of hydrogen-bond acceptors (Lipinski definition) is 3. The first kappa shape index (κ1) is 13.1. The molecule has 3 rings (SSSR count). The van der Waals surface area contributed by atoms with Crippen molar-refractivity contribution in [2.75, 3.05) is 31.1 Å². The standard InChI is InChI=1S/C15H19FN4/c1-19-14(10-12-4-2-3-5-13(12)16)15(11-18-19)20-8-6-17-7-9-20/h2-5,11,17H,6-10H2,1H3. The minimum absolute atomic E-state index is 0.153. The molecule has 0 atom stereocenters. The first-order chi connectivity index (χ1) is 9.75. The lowest BCUT2D eigenvalue weighted by molar-refractivity contribution is 0.585. The highest BCUT2D eigenvalue weighted by atomic mass is 19.1. The summed E-state index contributed by atoms with van der Waals surface area (Å²) in [5.74, 6) is -0.153. The number of piperazine rings is 1. The fraction of sp³-hybridized carbons (Fsp3) is 0.400. The topological polar surface area (TPSA) is 33.1 Å². The molecular formula is C15H19FN4. The Morgan fingerprint density at radius 3 is 2.75 bits per heavy atom. The number of aromatic nitrogens is 2. The van der Waals surface area contributed by atoms with Crippen molar-refractivity contribution in [3.63, 3.8) is 0 Å². The summed E-state index contributed by atoms with van der Waals surface area (Å²) in [4.78, 5) is 2.32. The summed E-state index contributed by atoms with van der Waals surface area (Å²) < 4.78 is 15.7. The van der Waals surface area contributed by atoms with Gasteiger partial charge in [0.25, 0.3) is 0 Å². The third kappa shape index (κ3) is 2.54. The second-order valence-corrected chi connectivity index (χ2v) is 5.11. The molecular weight excluding hydrogens is 255 g/mol. The zero-order valence-electron chi connectivity index (χ0n) is 11.6. The van der Waals surface area contributed by atoms with Gasteiger partial charge in [0.05, 0.1) is 17.6 Å². The van der Waals surface area contributed by atoms with E-state index < -0.39 is 0 Å². The van der Waals surface area contributed by atoms with Gasteiger partial charge in [0, 0.05) is 39.6 Å². The fourth-order valence-electron chi connectivity index (χ4n) is 2.65. The van der Waals surface area contributed by atoms with Crippen LogP contribution in [0.15, 0.2) is 30.5 Å². The lowest BCUT2D eigenvalue weighted by Crippen LogP contribution is -2.43. The van der Waals surface area contributed by atoms with Crippen LogP contribution in [0.25, 0.3) is 0 Å². The van der Waals surface area contributed by atoms with Crippen molar-refractivity contribution in [3.8, 4) is 0 Å². The van der Waals surface area contributed by atoms with Crippen LogP contribution in [0.2, 0.25) is 0 Å². The Labute approximate surface area is 118 Å². The maximum Gasteiger partial charge on any atom is 0.126 e. The molecule has 0 saturated carbocycles. The van der Waals surface area contributed by atoms with Crippen LogP contribution in [-0.4, -0.2) is 36.0 Å². The molecule has 106 valence electrons. The number of nitrogens with zero attached hydrogens (tertiary/aromatic N) is 3. The van der Waals surface area contributed by atoms with Crippen molar-refractivity contribution in [1.82, 2.24) is 15.1 Å².